The number of ether oxygens (including phenoxy) is 1. The van der Waals surface area contributed by atoms with E-state index >= 15 is 0 Å². The summed E-state index contributed by atoms with van der Waals surface area (Å²) in [7, 11) is 1.27. The third kappa shape index (κ3) is 3.25. The van der Waals surface area contributed by atoms with E-state index in [2.05, 4.69) is 10.1 Å². The molecule has 5 nitrogen and oxygen atoms in total. The number of carbonyl (C=O) groups is 2. The van der Waals surface area contributed by atoms with Crippen molar-refractivity contribution in [2.24, 2.45) is 0 Å². The molecule has 0 saturated heterocycles. The Hall–Kier alpha value is -2.27. The zero-order valence-corrected chi connectivity index (χ0v) is 12.6. The number of rotatable bonds is 3. The first-order valence-electron chi connectivity index (χ1n) is 6.18. The first-order chi connectivity index (χ1) is 9.92. The Morgan fingerprint density at radius 3 is 2.48 bits per heavy atom. The van der Waals surface area contributed by atoms with Gasteiger partial charge in [0.05, 0.1) is 23.3 Å². The van der Waals surface area contributed by atoms with E-state index in [1.807, 2.05) is 0 Å². The second kappa shape index (κ2) is 6.01. The second-order valence-electron chi connectivity index (χ2n) is 4.47. The first-order valence-corrected chi connectivity index (χ1v) is 6.56. The lowest BCUT2D eigenvalue weighted by molar-refractivity contribution is 0.0600. The summed E-state index contributed by atoms with van der Waals surface area (Å²) in [4.78, 5) is 23.7. The molecule has 110 valence electrons. The molecule has 2 aromatic rings. The Morgan fingerprint density at radius 2 is 1.90 bits per heavy atom. The maximum atomic E-state index is 12.2. The van der Waals surface area contributed by atoms with Crippen LogP contribution in [0.2, 0.25) is 5.02 Å². The Labute approximate surface area is 126 Å². The highest BCUT2D eigenvalue weighted by Gasteiger charge is 2.16. The zero-order chi connectivity index (χ0) is 15.6. The van der Waals surface area contributed by atoms with Gasteiger partial charge < -0.3 is 14.5 Å². The van der Waals surface area contributed by atoms with Crippen molar-refractivity contribution in [2.45, 2.75) is 13.8 Å². The van der Waals surface area contributed by atoms with Gasteiger partial charge in [0.2, 0.25) is 0 Å². The van der Waals surface area contributed by atoms with Crippen LogP contribution in [0.3, 0.4) is 0 Å². The van der Waals surface area contributed by atoms with Crippen LogP contribution in [0.4, 0.5) is 5.69 Å². The van der Waals surface area contributed by atoms with Crippen molar-refractivity contribution < 1.29 is 18.7 Å². The molecule has 0 radical (unpaired) electrons. The predicted octanol–water partition coefficient (Wildman–Crippen LogP) is 3.59. The van der Waals surface area contributed by atoms with Gasteiger partial charge in [-0.2, -0.15) is 0 Å². The van der Waals surface area contributed by atoms with E-state index in [-0.39, 0.29) is 16.5 Å². The van der Waals surface area contributed by atoms with Gasteiger partial charge >= 0.3 is 5.97 Å². The lowest BCUT2D eigenvalue weighted by atomic mass is 10.2. The van der Waals surface area contributed by atoms with Gasteiger partial charge in [-0.1, -0.05) is 11.6 Å². The Morgan fingerprint density at radius 1 is 1.19 bits per heavy atom. The van der Waals surface area contributed by atoms with E-state index in [1.54, 1.807) is 26.0 Å². The molecule has 0 spiro atoms. The molecular formula is C15H14ClNO4. The summed E-state index contributed by atoms with van der Waals surface area (Å²) in [6, 6.07) is 6.25. The lowest BCUT2D eigenvalue weighted by Gasteiger charge is -2.07. The molecule has 0 unspecified atom stereocenters. The van der Waals surface area contributed by atoms with Gasteiger partial charge in [0.1, 0.15) is 11.5 Å². The van der Waals surface area contributed by atoms with Crippen LogP contribution in [0.5, 0.6) is 0 Å². The second-order valence-corrected chi connectivity index (χ2v) is 4.87. The van der Waals surface area contributed by atoms with Gasteiger partial charge in [-0.15, -0.1) is 0 Å². The number of amides is 1. The minimum Gasteiger partial charge on any atom is -0.466 e. The fourth-order valence-electron chi connectivity index (χ4n) is 1.92. The molecule has 1 N–H and O–H groups in total. The minimum atomic E-state index is -0.563. The van der Waals surface area contributed by atoms with Crippen molar-refractivity contribution in [2.75, 3.05) is 12.4 Å². The highest BCUT2D eigenvalue weighted by atomic mass is 35.5. The quantitative estimate of drug-likeness (QED) is 0.880. The van der Waals surface area contributed by atoms with Gasteiger partial charge in [0.15, 0.2) is 0 Å². The molecule has 0 bridgehead atoms. The molecular weight excluding hydrogens is 294 g/mol. The van der Waals surface area contributed by atoms with Crippen LogP contribution in [-0.4, -0.2) is 19.0 Å². The lowest BCUT2D eigenvalue weighted by Crippen LogP contribution is -2.13. The topological polar surface area (TPSA) is 68.5 Å². The summed E-state index contributed by atoms with van der Waals surface area (Å²) >= 11 is 5.92. The molecule has 1 amide bonds. The molecule has 0 atom stereocenters. The summed E-state index contributed by atoms with van der Waals surface area (Å²) in [6.45, 7) is 3.48. The standard InChI is InChI=1S/C15H14ClNO4/c1-8-6-11(9(2)21-8)14(18)17-10-4-5-13(16)12(7-10)15(19)20-3/h4-7H,1-3H3,(H,17,18). The van der Waals surface area contributed by atoms with E-state index in [9.17, 15) is 9.59 Å². The highest BCUT2D eigenvalue weighted by molar-refractivity contribution is 6.33. The summed E-state index contributed by atoms with van der Waals surface area (Å²) in [6.07, 6.45) is 0. The van der Waals surface area contributed by atoms with Crippen LogP contribution in [-0.2, 0) is 4.74 Å². The number of benzene rings is 1. The highest BCUT2D eigenvalue weighted by Crippen LogP contribution is 2.22. The molecule has 1 aromatic heterocycles. The number of anilines is 1. The average Bonchev–Trinajstić information content (AvgIpc) is 2.79. The van der Waals surface area contributed by atoms with Gasteiger partial charge in [0.25, 0.3) is 5.91 Å². The van der Waals surface area contributed by atoms with Crippen molar-refractivity contribution in [1.82, 2.24) is 0 Å². The minimum absolute atomic E-state index is 0.192. The first kappa shape index (κ1) is 15.1. The number of hydrogen-bond donors (Lipinski definition) is 1. The van der Waals surface area contributed by atoms with Gasteiger partial charge in [-0.25, -0.2) is 4.79 Å². The molecule has 0 aliphatic heterocycles. The fraction of sp³-hybridized carbons (Fsp3) is 0.200. The average molecular weight is 308 g/mol. The van der Waals surface area contributed by atoms with Gasteiger partial charge in [-0.3, -0.25) is 4.79 Å². The van der Waals surface area contributed by atoms with E-state index < -0.39 is 5.97 Å². The summed E-state index contributed by atoms with van der Waals surface area (Å²) in [5.74, 6) is 0.310. The third-order valence-corrected chi connectivity index (χ3v) is 3.24. The number of nitrogens with one attached hydrogen (secondary N) is 1. The van der Waals surface area contributed by atoms with Gasteiger partial charge in [0, 0.05) is 5.69 Å². The third-order valence-electron chi connectivity index (χ3n) is 2.92. The van der Waals surface area contributed by atoms with Crippen molar-refractivity contribution >= 4 is 29.2 Å². The zero-order valence-electron chi connectivity index (χ0n) is 11.8. The molecule has 0 aliphatic rings. The smallest absolute Gasteiger partial charge is 0.339 e. The monoisotopic (exact) mass is 307 g/mol. The number of aryl methyl sites for hydroxylation is 2. The van der Waals surface area contributed by atoms with Crippen LogP contribution >= 0.6 is 11.6 Å². The number of esters is 1. The van der Waals surface area contributed by atoms with Crippen molar-refractivity contribution in [1.29, 1.82) is 0 Å². The molecule has 0 aliphatic carbocycles. The van der Waals surface area contributed by atoms with Gasteiger partial charge in [-0.05, 0) is 38.1 Å². The van der Waals surface area contributed by atoms with Crippen molar-refractivity contribution in [3.63, 3.8) is 0 Å². The SMILES string of the molecule is COC(=O)c1cc(NC(=O)c2cc(C)oc2C)ccc1Cl. The normalized spacial score (nSPS) is 10.3. The molecule has 1 aromatic carbocycles. The molecule has 0 fully saturated rings. The van der Waals surface area contributed by atoms with E-state index in [1.165, 1.54) is 19.2 Å². The van der Waals surface area contributed by atoms with Crippen LogP contribution in [0.15, 0.2) is 28.7 Å². The maximum absolute atomic E-state index is 12.2. The Balaban J connectivity index is 2.26. The Kier molecular flexibility index (Phi) is 4.33. The predicted molar refractivity (Wildman–Crippen MR) is 78.9 cm³/mol. The number of hydrogen-bond acceptors (Lipinski definition) is 4. The van der Waals surface area contributed by atoms with Crippen LogP contribution < -0.4 is 5.32 Å². The summed E-state index contributed by atoms with van der Waals surface area (Å²) in [5.41, 5.74) is 1.09. The van der Waals surface area contributed by atoms with Crippen molar-refractivity contribution in [3.05, 3.63) is 51.9 Å². The van der Waals surface area contributed by atoms with Crippen molar-refractivity contribution in [3.8, 4) is 0 Å². The van der Waals surface area contributed by atoms with Crippen LogP contribution in [0, 0.1) is 13.8 Å². The molecule has 0 saturated carbocycles. The maximum Gasteiger partial charge on any atom is 0.339 e. The van der Waals surface area contributed by atoms with E-state index in [4.69, 9.17) is 16.0 Å². The fourth-order valence-corrected chi connectivity index (χ4v) is 2.12. The number of halogens is 1. The van der Waals surface area contributed by atoms with E-state index in [0.29, 0.717) is 22.8 Å². The summed E-state index contributed by atoms with van der Waals surface area (Å²) < 4.78 is 9.95. The molecule has 2 rings (SSSR count). The number of methoxy groups -OCH3 is 1. The van der Waals surface area contributed by atoms with Crippen LogP contribution in [0.1, 0.15) is 32.2 Å². The molecule has 6 heteroatoms. The summed E-state index contributed by atoms with van der Waals surface area (Å²) in [5, 5.41) is 2.95. The Bertz CT molecular complexity index is 706. The number of carbonyl (C=O) groups excluding carboxylic acids is 2. The van der Waals surface area contributed by atoms with Crippen LogP contribution in [0.25, 0.3) is 0 Å². The molecule has 1 heterocycles. The number of furan rings is 1. The molecule has 21 heavy (non-hydrogen) atoms. The largest absolute Gasteiger partial charge is 0.466 e. The van der Waals surface area contributed by atoms with E-state index in [0.717, 1.165) is 0 Å².